The molecule has 4 rings (SSSR count). The number of benzene rings is 4. The monoisotopic (exact) mass is 430 g/mol. The highest BCUT2D eigenvalue weighted by molar-refractivity contribution is 5.91. The molecule has 0 fully saturated rings. The molecule has 0 bridgehead atoms. The van der Waals surface area contributed by atoms with Crippen LogP contribution in [0.15, 0.2) is 78.9 Å². The van der Waals surface area contributed by atoms with Crippen molar-refractivity contribution in [3.63, 3.8) is 0 Å². The Labute approximate surface area is 187 Å². The van der Waals surface area contributed by atoms with Crippen molar-refractivity contribution < 1.29 is 24.1 Å². The summed E-state index contributed by atoms with van der Waals surface area (Å²) in [5.74, 6) is 2.39. The van der Waals surface area contributed by atoms with Gasteiger partial charge in [-0.25, -0.2) is 0 Å². The molecule has 4 aromatic rings. The SMILES string of the molecule is COc1ccc([C@@](O)(c2ccccc2)c2cc3c(OC)cccc3cc2OC)c(OC)c1. The van der Waals surface area contributed by atoms with Gasteiger partial charge in [0.1, 0.15) is 28.6 Å². The Morgan fingerprint density at radius 3 is 1.94 bits per heavy atom. The van der Waals surface area contributed by atoms with Gasteiger partial charge in [0.15, 0.2) is 0 Å². The summed E-state index contributed by atoms with van der Waals surface area (Å²) in [7, 11) is 6.40. The molecule has 0 aliphatic rings. The third kappa shape index (κ3) is 3.51. The highest BCUT2D eigenvalue weighted by Gasteiger charge is 2.39. The van der Waals surface area contributed by atoms with E-state index in [0.717, 1.165) is 10.8 Å². The third-order valence-electron chi connectivity index (χ3n) is 5.76. The van der Waals surface area contributed by atoms with Crippen molar-refractivity contribution in [1.29, 1.82) is 0 Å². The maximum atomic E-state index is 12.5. The van der Waals surface area contributed by atoms with Crippen molar-refractivity contribution in [2.45, 2.75) is 5.60 Å². The third-order valence-corrected chi connectivity index (χ3v) is 5.76. The molecule has 1 atom stereocenters. The summed E-state index contributed by atoms with van der Waals surface area (Å²) >= 11 is 0. The quantitative estimate of drug-likeness (QED) is 0.411. The van der Waals surface area contributed by atoms with Gasteiger partial charge in [0.25, 0.3) is 0 Å². The predicted molar refractivity (Wildman–Crippen MR) is 125 cm³/mol. The largest absolute Gasteiger partial charge is 0.497 e. The van der Waals surface area contributed by atoms with E-state index in [-0.39, 0.29) is 0 Å². The second-order valence-electron chi connectivity index (χ2n) is 7.38. The van der Waals surface area contributed by atoms with Crippen LogP contribution in [0, 0.1) is 0 Å². The van der Waals surface area contributed by atoms with Crippen molar-refractivity contribution in [1.82, 2.24) is 0 Å². The lowest BCUT2D eigenvalue weighted by Gasteiger charge is -2.33. The Morgan fingerprint density at radius 2 is 1.28 bits per heavy atom. The molecule has 164 valence electrons. The Balaban J connectivity index is 2.10. The van der Waals surface area contributed by atoms with Gasteiger partial charge in [-0.3, -0.25) is 0 Å². The molecule has 32 heavy (non-hydrogen) atoms. The van der Waals surface area contributed by atoms with Gasteiger partial charge < -0.3 is 24.1 Å². The Bertz CT molecular complexity index is 1240. The summed E-state index contributed by atoms with van der Waals surface area (Å²) in [5, 5.41) is 14.3. The zero-order valence-electron chi connectivity index (χ0n) is 18.6. The van der Waals surface area contributed by atoms with Crippen LogP contribution in [0.4, 0.5) is 0 Å². The molecule has 0 aliphatic heterocycles. The van der Waals surface area contributed by atoms with Crippen LogP contribution in [0.2, 0.25) is 0 Å². The van der Waals surface area contributed by atoms with Gasteiger partial charge in [-0.15, -0.1) is 0 Å². The highest BCUT2D eigenvalue weighted by atomic mass is 16.5. The lowest BCUT2D eigenvalue weighted by molar-refractivity contribution is 0.118. The minimum Gasteiger partial charge on any atom is -0.497 e. The van der Waals surface area contributed by atoms with Gasteiger partial charge in [-0.2, -0.15) is 0 Å². The minimum absolute atomic E-state index is 0.498. The fraction of sp³-hybridized carbons (Fsp3) is 0.185. The molecule has 0 unspecified atom stereocenters. The number of hydrogen-bond acceptors (Lipinski definition) is 5. The molecule has 0 radical (unpaired) electrons. The molecule has 5 heteroatoms. The molecule has 0 saturated heterocycles. The van der Waals surface area contributed by atoms with Crippen molar-refractivity contribution in [3.8, 4) is 23.0 Å². The summed E-state index contributed by atoms with van der Waals surface area (Å²) in [6, 6.07) is 24.5. The van der Waals surface area contributed by atoms with Crippen molar-refractivity contribution in [2.24, 2.45) is 0 Å². The van der Waals surface area contributed by atoms with E-state index in [4.69, 9.17) is 18.9 Å². The standard InChI is InChI=1S/C27H26O5/c1-29-20-13-14-22(26(16-20)32-4)27(28,19-10-6-5-7-11-19)23-17-21-18(15-25(23)31-3)9-8-12-24(21)30-2/h5-17,28H,1-4H3/t27-/m0/s1. The van der Waals surface area contributed by atoms with Crippen LogP contribution in [0.3, 0.4) is 0 Å². The number of methoxy groups -OCH3 is 4. The fourth-order valence-corrected chi connectivity index (χ4v) is 4.14. The van der Waals surface area contributed by atoms with Crippen LogP contribution in [-0.4, -0.2) is 33.5 Å². The van der Waals surface area contributed by atoms with E-state index in [1.54, 1.807) is 40.6 Å². The molecule has 0 aromatic heterocycles. The lowest BCUT2D eigenvalue weighted by atomic mass is 9.78. The van der Waals surface area contributed by atoms with E-state index in [2.05, 4.69) is 0 Å². The van der Waals surface area contributed by atoms with Crippen LogP contribution in [0.25, 0.3) is 10.8 Å². The van der Waals surface area contributed by atoms with E-state index < -0.39 is 5.60 Å². The summed E-state index contributed by atoms with van der Waals surface area (Å²) in [5.41, 5.74) is 0.251. The first-order chi connectivity index (χ1) is 15.6. The second-order valence-corrected chi connectivity index (χ2v) is 7.38. The Hall–Kier alpha value is -3.70. The average molecular weight is 431 g/mol. The summed E-state index contributed by atoms with van der Waals surface area (Å²) in [6.07, 6.45) is 0. The number of fused-ring (bicyclic) bond motifs is 1. The maximum absolute atomic E-state index is 12.5. The number of aliphatic hydroxyl groups is 1. The summed E-state index contributed by atoms with van der Waals surface area (Å²) < 4.78 is 22.4. The van der Waals surface area contributed by atoms with E-state index in [0.29, 0.717) is 39.7 Å². The molecule has 0 saturated carbocycles. The van der Waals surface area contributed by atoms with Gasteiger partial charge in [-0.05, 0) is 41.3 Å². The maximum Gasteiger partial charge on any atom is 0.147 e. The topological polar surface area (TPSA) is 57.2 Å². The molecular formula is C27H26O5. The van der Waals surface area contributed by atoms with Crippen LogP contribution in [0.5, 0.6) is 23.0 Å². The zero-order valence-corrected chi connectivity index (χ0v) is 18.6. The van der Waals surface area contributed by atoms with Crippen LogP contribution < -0.4 is 18.9 Å². The van der Waals surface area contributed by atoms with Crippen LogP contribution >= 0.6 is 0 Å². The minimum atomic E-state index is -1.57. The van der Waals surface area contributed by atoms with Gasteiger partial charge in [0.2, 0.25) is 0 Å². The van der Waals surface area contributed by atoms with E-state index in [9.17, 15) is 5.11 Å². The number of hydrogen-bond donors (Lipinski definition) is 1. The molecule has 0 spiro atoms. The normalized spacial score (nSPS) is 12.8. The predicted octanol–water partition coefficient (Wildman–Crippen LogP) is 5.16. The Kier molecular flexibility index (Phi) is 5.93. The van der Waals surface area contributed by atoms with Gasteiger partial charge in [0, 0.05) is 22.6 Å². The first-order valence-corrected chi connectivity index (χ1v) is 10.2. The smallest absolute Gasteiger partial charge is 0.147 e. The van der Waals surface area contributed by atoms with E-state index >= 15 is 0 Å². The number of ether oxygens (including phenoxy) is 4. The second kappa shape index (κ2) is 8.81. The van der Waals surface area contributed by atoms with Gasteiger partial charge in [0.05, 0.1) is 28.4 Å². The molecule has 1 N–H and O–H groups in total. The van der Waals surface area contributed by atoms with Crippen LogP contribution in [-0.2, 0) is 5.60 Å². The molecule has 4 aromatic carbocycles. The average Bonchev–Trinajstić information content (AvgIpc) is 2.87. The van der Waals surface area contributed by atoms with Gasteiger partial charge >= 0.3 is 0 Å². The van der Waals surface area contributed by atoms with Crippen molar-refractivity contribution in [2.75, 3.05) is 28.4 Å². The molecule has 0 aliphatic carbocycles. The van der Waals surface area contributed by atoms with Crippen molar-refractivity contribution >= 4 is 10.8 Å². The van der Waals surface area contributed by atoms with Gasteiger partial charge in [-0.1, -0.05) is 42.5 Å². The van der Waals surface area contributed by atoms with Crippen molar-refractivity contribution in [3.05, 3.63) is 95.6 Å². The first-order valence-electron chi connectivity index (χ1n) is 10.2. The molecule has 0 heterocycles. The highest BCUT2D eigenvalue weighted by Crippen LogP contribution is 2.47. The fourth-order valence-electron chi connectivity index (χ4n) is 4.14. The lowest BCUT2D eigenvalue weighted by Crippen LogP contribution is -2.30. The van der Waals surface area contributed by atoms with E-state index in [1.165, 1.54) is 0 Å². The van der Waals surface area contributed by atoms with Crippen LogP contribution in [0.1, 0.15) is 16.7 Å². The molecule has 5 nitrogen and oxygen atoms in total. The number of rotatable bonds is 7. The first kappa shape index (κ1) is 21.5. The van der Waals surface area contributed by atoms with E-state index in [1.807, 2.05) is 66.7 Å². The molecular weight excluding hydrogens is 404 g/mol. The Morgan fingerprint density at radius 1 is 0.594 bits per heavy atom. The zero-order chi connectivity index (χ0) is 22.7. The molecule has 0 amide bonds. The summed E-state index contributed by atoms with van der Waals surface area (Å²) in [6.45, 7) is 0. The summed E-state index contributed by atoms with van der Waals surface area (Å²) in [4.78, 5) is 0.